The van der Waals surface area contributed by atoms with Crippen LogP contribution in [0.15, 0.2) is 24.3 Å². The second-order valence-electron chi connectivity index (χ2n) is 4.90. The molecule has 6 nitrogen and oxygen atoms in total. The number of nitrogens with one attached hydrogen (secondary N) is 2. The van der Waals surface area contributed by atoms with Crippen LogP contribution in [0, 0.1) is 0 Å². The van der Waals surface area contributed by atoms with Crippen LogP contribution in [0.1, 0.15) is 19.3 Å². The Bertz CT molecular complexity index is 447. The Morgan fingerprint density at radius 2 is 2.24 bits per heavy atom. The smallest absolute Gasteiger partial charge is 0.319 e. The van der Waals surface area contributed by atoms with Gasteiger partial charge in [-0.15, -0.1) is 0 Å². The highest BCUT2D eigenvalue weighted by Gasteiger charge is 2.15. The van der Waals surface area contributed by atoms with Crippen LogP contribution in [-0.2, 0) is 4.74 Å². The van der Waals surface area contributed by atoms with Crippen molar-refractivity contribution in [2.24, 2.45) is 0 Å². The molecule has 1 fully saturated rings. The van der Waals surface area contributed by atoms with Crippen molar-refractivity contribution in [3.05, 3.63) is 24.3 Å². The first-order valence-electron chi connectivity index (χ1n) is 7.28. The number of amides is 2. The van der Waals surface area contributed by atoms with Crippen molar-refractivity contribution in [1.29, 1.82) is 0 Å². The maximum Gasteiger partial charge on any atom is 0.319 e. The quantitative estimate of drug-likeness (QED) is 0.747. The minimum atomic E-state index is -0.367. The van der Waals surface area contributed by atoms with E-state index in [0.29, 0.717) is 18.0 Å². The Kier molecular flexibility index (Phi) is 6.30. The summed E-state index contributed by atoms with van der Waals surface area (Å²) < 4.78 is 11.4. The number of urea groups is 1. The van der Waals surface area contributed by atoms with Gasteiger partial charge in [-0.25, -0.2) is 4.79 Å². The molecule has 1 aromatic carbocycles. The summed E-state index contributed by atoms with van der Waals surface area (Å²) >= 11 is 0. The van der Waals surface area contributed by atoms with Gasteiger partial charge in [-0.1, -0.05) is 12.1 Å². The van der Waals surface area contributed by atoms with Crippen molar-refractivity contribution in [1.82, 2.24) is 5.32 Å². The molecule has 116 valence electrons. The number of hydrogen-bond donors (Lipinski definition) is 3. The van der Waals surface area contributed by atoms with Crippen molar-refractivity contribution in [3.8, 4) is 5.75 Å². The molecule has 0 spiro atoms. The minimum Gasteiger partial charge on any atom is -0.489 e. The predicted octanol–water partition coefficient (Wildman–Crippen LogP) is 1.75. The number of benzene rings is 1. The second-order valence-corrected chi connectivity index (χ2v) is 4.90. The van der Waals surface area contributed by atoms with Gasteiger partial charge in [0, 0.05) is 13.2 Å². The van der Waals surface area contributed by atoms with Gasteiger partial charge in [0.1, 0.15) is 12.4 Å². The summed E-state index contributed by atoms with van der Waals surface area (Å²) in [4.78, 5) is 11.6. The average molecular weight is 294 g/mol. The van der Waals surface area contributed by atoms with Gasteiger partial charge in [0.2, 0.25) is 0 Å². The van der Waals surface area contributed by atoms with Gasteiger partial charge in [-0.05, 0) is 31.4 Å². The fraction of sp³-hybridized carbons (Fsp3) is 0.533. The summed E-state index contributed by atoms with van der Waals surface area (Å²) in [7, 11) is 0. The molecule has 0 unspecified atom stereocenters. The molecular formula is C15H22N2O4. The number of rotatable bonds is 6. The standard InChI is InChI=1S/C15H22N2O4/c18-9-8-16-15(19)17-13-6-1-2-7-14(13)21-11-12-5-3-4-10-20-12/h1-2,6-7,12,18H,3-5,8-11H2,(H2,16,17,19)/t12-/m0/s1. The zero-order valence-electron chi connectivity index (χ0n) is 12.0. The van der Waals surface area contributed by atoms with Crippen LogP contribution in [0.25, 0.3) is 0 Å². The first kappa shape index (κ1) is 15.6. The third-order valence-electron chi connectivity index (χ3n) is 3.23. The van der Waals surface area contributed by atoms with Crippen LogP contribution in [0.2, 0.25) is 0 Å². The van der Waals surface area contributed by atoms with E-state index in [1.54, 1.807) is 6.07 Å². The Labute approximate surface area is 124 Å². The molecule has 0 bridgehead atoms. The lowest BCUT2D eigenvalue weighted by Crippen LogP contribution is -2.31. The van der Waals surface area contributed by atoms with Crippen LogP contribution in [0.5, 0.6) is 5.75 Å². The third kappa shape index (κ3) is 5.24. The Hall–Kier alpha value is -1.79. The van der Waals surface area contributed by atoms with Crippen LogP contribution < -0.4 is 15.4 Å². The molecule has 0 radical (unpaired) electrons. The van der Waals surface area contributed by atoms with Crippen molar-refractivity contribution in [3.63, 3.8) is 0 Å². The fourth-order valence-electron chi connectivity index (χ4n) is 2.15. The number of aliphatic hydroxyl groups excluding tert-OH is 1. The van der Waals surface area contributed by atoms with E-state index in [1.807, 2.05) is 18.2 Å². The zero-order chi connectivity index (χ0) is 14.9. The molecule has 2 rings (SSSR count). The van der Waals surface area contributed by atoms with E-state index in [9.17, 15) is 4.79 Å². The molecular weight excluding hydrogens is 272 g/mol. The lowest BCUT2D eigenvalue weighted by atomic mass is 10.1. The van der Waals surface area contributed by atoms with Crippen molar-refractivity contribution < 1.29 is 19.4 Å². The average Bonchev–Trinajstić information content (AvgIpc) is 2.53. The molecule has 0 aliphatic carbocycles. The number of para-hydroxylation sites is 2. The number of carbonyl (C=O) groups excluding carboxylic acids is 1. The Morgan fingerprint density at radius 3 is 3.00 bits per heavy atom. The van der Waals surface area contributed by atoms with E-state index in [-0.39, 0.29) is 25.3 Å². The first-order valence-corrected chi connectivity index (χ1v) is 7.28. The summed E-state index contributed by atoms with van der Waals surface area (Å²) in [5, 5.41) is 13.9. The van der Waals surface area contributed by atoms with Gasteiger partial charge in [-0.3, -0.25) is 0 Å². The zero-order valence-corrected chi connectivity index (χ0v) is 12.0. The van der Waals surface area contributed by atoms with Gasteiger partial charge in [0.15, 0.2) is 0 Å². The number of ether oxygens (including phenoxy) is 2. The van der Waals surface area contributed by atoms with Crippen LogP contribution in [0.3, 0.4) is 0 Å². The van der Waals surface area contributed by atoms with Gasteiger partial charge in [0.05, 0.1) is 18.4 Å². The molecule has 1 aliphatic heterocycles. The minimum absolute atomic E-state index is 0.0927. The molecule has 1 saturated heterocycles. The molecule has 21 heavy (non-hydrogen) atoms. The summed E-state index contributed by atoms with van der Waals surface area (Å²) in [5.74, 6) is 0.617. The largest absolute Gasteiger partial charge is 0.489 e. The SMILES string of the molecule is O=C(NCCO)Nc1ccccc1OC[C@@H]1CCCCO1. The highest BCUT2D eigenvalue weighted by atomic mass is 16.5. The lowest BCUT2D eigenvalue weighted by molar-refractivity contribution is -0.0109. The monoisotopic (exact) mass is 294 g/mol. The molecule has 2 amide bonds. The van der Waals surface area contributed by atoms with Crippen LogP contribution >= 0.6 is 0 Å². The maximum absolute atomic E-state index is 11.6. The lowest BCUT2D eigenvalue weighted by Gasteiger charge is -2.23. The van der Waals surface area contributed by atoms with Gasteiger partial charge >= 0.3 is 6.03 Å². The van der Waals surface area contributed by atoms with Gasteiger partial charge < -0.3 is 25.2 Å². The Morgan fingerprint density at radius 1 is 1.38 bits per heavy atom. The molecule has 0 aromatic heterocycles. The second kappa shape index (κ2) is 8.49. The first-order chi connectivity index (χ1) is 10.3. The molecule has 1 aromatic rings. The molecule has 3 N–H and O–H groups in total. The predicted molar refractivity (Wildman–Crippen MR) is 79.6 cm³/mol. The highest BCUT2D eigenvalue weighted by Crippen LogP contribution is 2.24. The van der Waals surface area contributed by atoms with E-state index in [0.717, 1.165) is 25.9 Å². The van der Waals surface area contributed by atoms with E-state index in [1.165, 1.54) is 0 Å². The normalized spacial score (nSPS) is 18.0. The summed E-state index contributed by atoms with van der Waals surface area (Å²) in [5.41, 5.74) is 0.601. The summed E-state index contributed by atoms with van der Waals surface area (Å²) in [6.07, 6.45) is 3.40. The van der Waals surface area contributed by atoms with E-state index >= 15 is 0 Å². The van der Waals surface area contributed by atoms with Crippen LogP contribution in [-0.4, -0.2) is 43.6 Å². The number of anilines is 1. The number of aliphatic hydroxyl groups is 1. The summed E-state index contributed by atoms with van der Waals surface area (Å²) in [6, 6.07) is 6.90. The molecule has 0 saturated carbocycles. The molecule has 1 atom stereocenters. The fourth-order valence-corrected chi connectivity index (χ4v) is 2.15. The summed E-state index contributed by atoms with van der Waals surface area (Å²) in [6.45, 7) is 1.39. The van der Waals surface area contributed by atoms with E-state index < -0.39 is 0 Å². The maximum atomic E-state index is 11.6. The molecule has 6 heteroatoms. The van der Waals surface area contributed by atoms with Gasteiger partial charge in [0.25, 0.3) is 0 Å². The van der Waals surface area contributed by atoms with E-state index in [2.05, 4.69) is 10.6 Å². The molecule has 1 heterocycles. The van der Waals surface area contributed by atoms with Gasteiger partial charge in [-0.2, -0.15) is 0 Å². The van der Waals surface area contributed by atoms with Crippen LogP contribution in [0.4, 0.5) is 10.5 Å². The number of carbonyl (C=O) groups is 1. The highest BCUT2D eigenvalue weighted by molar-refractivity contribution is 5.90. The number of hydrogen-bond acceptors (Lipinski definition) is 4. The van der Waals surface area contributed by atoms with Crippen molar-refractivity contribution in [2.45, 2.75) is 25.4 Å². The molecule has 1 aliphatic rings. The van der Waals surface area contributed by atoms with Crippen molar-refractivity contribution in [2.75, 3.05) is 31.7 Å². The van der Waals surface area contributed by atoms with Crippen molar-refractivity contribution >= 4 is 11.7 Å². The Balaban J connectivity index is 1.88. The third-order valence-corrected chi connectivity index (χ3v) is 3.23. The topological polar surface area (TPSA) is 79.8 Å². The van der Waals surface area contributed by atoms with E-state index in [4.69, 9.17) is 14.6 Å².